The van der Waals surface area contributed by atoms with Crippen LogP contribution in [0.25, 0.3) is 0 Å². The molecule has 0 saturated carbocycles. The molecule has 0 spiro atoms. The van der Waals surface area contributed by atoms with Gasteiger partial charge in [0, 0.05) is 62.4 Å². The summed E-state index contributed by atoms with van der Waals surface area (Å²) in [4.78, 5) is 13.4. The molecule has 6 heteroatoms. The van der Waals surface area contributed by atoms with Crippen LogP contribution in [0.15, 0.2) is 36.7 Å². The molecule has 5 nitrogen and oxygen atoms in total. The number of anilines is 2. The van der Waals surface area contributed by atoms with Crippen LogP contribution in [0.1, 0.15) is 5.56 Å². The van der Waals surface area contributed by atoms with E-state index in [-0.39, 0.29) is 0 Å². The van der Waals surface area contributed by atoms with E-state index in [0.717, 1.165) is 49.9 Å². The van der Waals surface area contributed by atoms with Crippen LogP contribution in [0.4, 0.5) is 11.6 Å². The van der Waals surface area contributed by atoms with Crippen molar-refractivity contribution in [3.05, 3.63) is 47.2 Å². The highest BCUT2D eigenvalue weighted by Gasteiger charge is 2.16. The van der Waals surface area contributed by atoms with Gasteiger partial charge in [-0.15, -0.1) is 0 Å². The van der Waals surface area contributed by atoms with E-state index in [0.29, 0.717) is 5.95 Å². The predicted molar refractivity (Wildman–Crippen MR) is 95.4 cm³/mol. The molecule has 0 unspecified atom stereocenters. The molecule has 0 radical (unpaired) electrons. The van der Waals surface area contributed by atoms with Crippen LogP contribution in [-0.2, 0) is 0 Å². The van der Waals surface area contributed by atoms with Crippen molar-refractivity contribution in [1.29, 1.82) is 0 Å². The first-order chi connectivity index (χ1) is 11.2. The number of benzene rings is 1. The van der Waals surface area contributed by atoms with Crippen molar-refractivity contribution >= 4 is 23.2 Å². The third-order valence-electron chi connectivity index (χ3n) is 4.04. The smallest absolute Gasteiger partial charge is 0.222 e. The van der Waals surface area contributed by atoms with Gasteiger partial charge in [-0.3, -0.25) is 4.90 Å². The molecule has 122 valence electrons. The molecule has 1 saturated heterocycles. The molecule has 1 aliphatic rings. The number of rotatable bonds is 5. The second-order valence-corrected chi connectivity index (χ2v) is 6.26. The maximum Gasteiger partial charge on any atom is 0.222 e. The van der Waals surface area contributed by atoms with E-state index in [1.54, 1.807) is 0 Å². The third kappa shape index (κ3) is 4.56. The zero-order valence-electron chi connectivity index (χ0n) is 13.4. The van der Waals surface area contributed by atoms with Crippen LogP contribution < -0.4 is 10.2 Å². The maximum absolute atomic E-state index is 6.07. The lowest BCUT2D eigenvalue weighted by molar-refractivity contribution is 0.267. The average molecular weight is 332 g/mol. The summed E-state index contributed by atoms with van der Waals surface area (Å²) in [6, 6.07) is 8.08. The Bertz CT molecular complexity index is 623. The van der Waals surface area contributed by atoms with Gasteiger partial charge in [0.25, 0.3) is 0 Å². The second kappa shape index (κ2) is 7.62. The van der Waals surface area contributed by atoms with Crippen LogP contribution in [0.2, 0.25) is 5.02 Å². The lowest BCUT2D eigenvalue weighted by Crippen LogP contribution is -2.47. The molecule has 2 heterocycles. The van der Waals surface area contributed by atoms with Crippen molar-refractivity contribution in [2.24, 2.45) is 0 Å². The van der Waals surface area contributed by atoms with Gasteiger partial charge in [-0.25, -0.2) is 9.97 Å². The summed E-state index contributed by atoms with van der Waals surface area (Å²) in [5.74, 6) is 0.702. The van der Waals surface area contributed by atoms with Gasteiger partial charge in [-0.1, -0.05) is 17.7 Å². The number of hydrogen-bond donors (Lipinski definition) is 1. The van der Waals surface area contributed by atoms with E-state index >= 15 is 0 Å². The van der Waals surface area contributed by atoms with Crippen molar-refractivity contribution in [2.75, 3.05) is 49.5 Å². The minimum Gasteiger partial charge on any atom is -0.369 e. The molecule has 1 fully saturated rings. The predicted octanol–water partition coefficient (Wildman–Crippen LogP) is 2.67. The highest BCUT2D eigenvalue weighted by molar-refractivity contribution is 6.30. The molecule has 0 bridgehead atoms. The lowest BCUT2D eigenvalue weighted by atomic mass is 10.2. The van der Waals surface area contributed by atoms with Crippen molar-refractivity contribution in [2.45, 2.75) is 6.92 Å². The summed E-state index contributed by atoms with van der Waals surface area (Å²) in [7, 11) is 0. The van der Waals surface area contributed by atoms with Gasteiger partial charge in [0.15, 0.2) is 0 Å². The Balaban J connectivity index is 1.41. The van der Waals surface area contributed by atoms with Gasteiger partial charge in [-0.2, -0.15) is 0 Å². The van der Waals surface area contributed by atoms with Crippen LogP contribution in [0.5, 0.6) is 0 Å². The number of aryl methyl sites for hydroxylation is 1. The standard InChI is InChI=1S/C17H22ClN5/c1-14-12-20-17(21-13-14)19-5-6-22-7-9-23(10-8-22)16-4-2-3-15(18)11-16/h2-4,11-13H,5-10H2,1H3,(H,19,20,21). The summed E-state index contributed by atoms with van der Waals surface area (Å²) in [5.41, 5.74) is 2.29. The van der Waals surface area contributed by atoms with E-state index in [1.165, 1.54) is 5.69 Å². The topological polar surface area (TPSA) is 44.3 Å². The van der Waals surface area contributed by atoms with Gasteiger partial charge < -0.3 is 10.2 Å². The minimum absolute atomic E-state index is 0.702. The molecule has 0 aliphatic carbocycles. The van der Waals surface area contributed by atoms with E-state index in [4.69, 9.17) is 11.6 Å². The first-order valence-electron chi connectivity index (χ1n) is 7.96. The minimum atomic E-state index is 0.702. The first kappa shape index (κ1) is 16.0. The number of nitrogens with one attached hydrogen (secondary N) is 1. The molecule has 23 heavy (non-hydrogen) atoms. The zero-order chi connectivity index (χ0) is 16.1. The van der Waals surface area contributed by atoms with Gasteiger partial charge in [-0.05, 0) is 30.7 Å². The Morgan fingerprint density at radius 3 is 2.57 bits per heavy atom. The molecule has 1 N–H and O–H groups in total. The molecule has 0 atom stereocenters. The van der Waals surface area contributed by atoms with Crippen LogP contribution in [-0.4, -0.2) is 54.1 Å². The molecule has 1 aromatic heterocycles. The maximum atomic E-state index is 6.07. The number of nitrogens with zero attached hydrogens (tertiary/aromatic N) is 4. The number of aromatic nitrogens is 2. The Morgan fingerprint density at radius 2 is 1.87 bits per heavy atom. The fourth-order valence-corrected chi connectivity index (χ4v) is 2.90. The van der Waals surface area contributed by atoms with Crippen molar-refractivity contribution in [1.82, 2.24) is 14.9 Å². The normalized spacial score (nSPS) is 15.7. The summed E-state index contributed by atoms with van der Waals surface area (Å²) in [5, 5.41) is 4.07. The van der Waals surface area contributed by atoms with Gasteiger partial charge >= 0.3 is 0 Å². The Kier molecular flexibility index (Phi) is 5.31. The lowest BCUT2D eigenvalue weighted by Gasteiger charge is -2.36. The molecule has 3 rings (SSSR count). The summed E-state index contributed by atoms with van der Waals surface area (Å²) < 4.78 is 0. The van der Waals surface area contributed by atoms with E-state index < -0.39 is 0 Å². The van der Waals surface area contributed by atoms with Crippen LogP contribution in [0.3, 0.4) is 0 Å². The Morgan fingerprint density at radius 1 is 1.13 bits per heavy atom. The van der Waals surface area contributed by atoms with E-state index in [2.05, 4.69) is 31.2 Å². The van der Waals surface area contributed by atoms with E-state index in [9.17, 15) is 0 Å². The van der Waals surface area contributed by atoms with Crippen molar-refractivity contribution in [3.63, 3.8) is 0 Å². The summed E-state index contributed by atoms with van der Waals surface area (Å²) >= 11 is 6.07. The molecule has 0 amide bonds. The Hall–Kier alpha value is -1.85. The van der Waals surface area contributed by atoms with Gasteiger partial charge in [0.05, 0.1) is 0 Å². The highest BCUT2D eigenvalue weighted by Crippen LogP contribution is 2.20. The SMILES string of the molecule is Cc1cnc(NCCN2CCN(c3cccc(Cl)c3)CC2)nc1. The quantitative estimate of drug-likeness (QED) is 0.912. The fourth-order valence-electron chi connectivity index (χ4n) is 2.71. The highest BCUT2D eigenvalue weighted by atomic mass is 35.5. The third-order valence-corrected chi connectivity index (χ3v) is 4.27. The van der Waals surface area contributed by atoms with Gasteiger partial charge in [0.1, 0.15) is 0 Å². The van der Waals surface area contributed by atoms with Crippen LogP contribution in [0, 0.1) is 6.92 Å². The summed E-state index contributed by atoms with van der Waals surface area (Å²) in [6.07, 6.45) is 3.66. The number of hydrogen-bond acceptors (Lipinski definition) is 5. The fraction of sp³-hybridized carbons (Fsp3) is 0.412. The number of piperazine rings is 1. The van der Waals surface area contributed by atoms with Gasteiger partial charge in [0.2, 0.25) is 5.95 Å². The monoisotopic (exact) mass is 331 g/mol. The molecule has 1 aromatic carbocycles. The second-order valence-electron chi connectivity index (χ2n) is 5.82. The van der Waals surface area contributed by atoms with Crippen LogP contribution >= 0.6 is 11.6 Å². The molecule has 1 aliphatic heterocycles. The first-order valence-corrected chi connectivity index (χ1v) is 8.34. The number of halogens is 1. The molecular weight excluding hydrogens is 310 g/mol. The van der Waals surface area contributed by atoms with Crippen molar-refractivity contribution in [3.8, 4) is 0 Å². The average Bonchev–Trinajstić information content (AvgIpc) is 2.57. The van der Waals surface area contributed by atoms with E-state index in [1.807, 2.05) is 37.5 Å². The zero-order valence-corrected chi connectivity index (χ0v) is 14.1. The Labute approximate surface area is 142 Å². The largest absolute Gasteiger partial charge is 0.369 e. The van der Waals surface area contributed by atoms with Crippen molar-refractivity contribution < 1.29 is 0 Å². The molecule has 2 aromatic rings. The molecular formula is C17H22ClN5. The summed E-state index contributed by atoms with van der Waals surface area (Å²) in [6.45, 7) is 8.03.